The summed E-state index contributed by atoms with van der Waals surface area (Å²) in [7, 11) is 1.77. The Morgan fingerprint density at radius 1 is 1.44 bits per heavy atom. The normalized spacial score (nSPS) is 12.2. The molecule has 6 heteroatoms. The van der Waals surface area contributed by atoms with Gasteiger partial charge in [-0.25, -0.2) is 4.79 Å². The molecule has 1 atom stereocenters. The van der Waals surface area contributed by atoms with Crippen LogP contribution >= 0.6 is 11.6 Å². The minimum absolute atomic E-state index is 0.433. The van der Waals surface area contributed by atoms with Crippen molar-refractivity contribution in [1.29, 1.82) is 0 Å². The van der Waals surface area contributed by atoms with Gasteiger partial charge in [0, 0.05) is 11.6 Å². The average Bonchev–Trinajstić information content (AvgIpc) is 2.30. The second-order valence-electron chi connectivity index (χ2n) is 4.04. The molecule has 0 aliphatic rings. The highest BCUT2D eigenvalue weighted by atomic mass is 35.5. The molecule has 0 spiro atoms. The minimum Gasteiger partial charge on any atom is -0.351 e. The van der Waals surface area contributed by atoms with Crippen molar-refractivity contribution in [2.24, 2.45) is 5.73 Å². The molecule has 0 radical (unpaired) electrons. The highest BCUT2D eigenvalue weighted by Gasteiger charge is 2.19. The molecule has 3 N–H and O–H groups in total. The lowest BCUT2D eigenvalue weighted by molar-refractivity contribution is -0.124. The number of amides is 3. The molecule has 3 amide bonds. The Labute approximate surface area is 111 Å². The number of nitrogens with one attached hydrogen (secondary N) is 1. The molecular weight excluding hydrogens is 254 g/mol. The maximum atomic E-state index is 11.6. The van der Waals surface area contributed by atoms with Crippen LogP contribution in [0.1, 0.15) is 12.5 Å². The van der Waals surface area contributed by atoms with Crippen LogP contribution in [0.3, 0.4) is 0 Å². The number of likely N-dealkylation sites (N-methyl/N-ethyl adjacent to an activating group) is 1. The van der Waals surface area contributed by atoms with Gasteiger partial charge in [0.25, 0.3) is 0 Å². The van der Waals surface area contributed by atoms with Gasteiger partial charge < -0.3 is 5.73 Å². The van der Waals surface area contributed by atoms with Gasteiger partial charge in [-0.3, -0.25) is 15.0 Å². The Morgan fingerprint density at radius 2 is 2.06 bits per heavy atom. The first kappa shape index (κ1) is 14.5. The van der Waals surface area contributed by atoms with Gasteiger partial charge in [0.1, 0.15) is 0 Å². The summed E-state index contributed by atoms with van der Waals surface area (Å²) in [5, 5.41) is 2.69. The third-order valence-electron chi connectivity index (χ3n) is 2.66. The van der Waals surface area contributed by atoms with Gasteiger partial charge in [-0.15, -0.1) is 0 Å². The van der Waals surface area contributed by atoms with Gasteiger partial charge >= 0.3 is 6.03 Å². The fraction of sp³-hybridized carbons (Fsp3) is 0.333. The van der Waals surface area contributed by atoms with Crippen molar-refractivity contribution in [2.75, 3.05) is 7.05 Å². The summed E-state index contributed by atoms with van der Waals surface area (Å²) >= 11 is 6.04. The molecule has 18 heavy (non-hydrogen) atoms. The number of carbonyl (C=O) groups is 2. The van der Waals surface area contributed by atoms with Crippen molar-refractivity contribution < 1.29 is 9.59 Å². The van der Waals surface area contributed by atoms with Crippen LogP contribution in [0.5, 0.6) is 0 Å². The van der Waals surface area contributed by atoms with Crippen molar-refractivity contribution in [3.8, 4) is 0 Å². The van der Waals surface area contributed by atoms with Gasteiger partial charge in [-0.05, 0) is 25.6 Å². The first-order valence-corrected chi connectivity index (χ1v) is 5.83. The van der Waals surface area contributed by atoms with Crippen LogP contribution in [0.15, 0.2) is 24.3 Å². The Bertz CT molecular complexity index is 451. The molecule has 0 aliphatic carbocycles. The zero-order valence-electron chi connectivity index (χ0n) is 10.3. The lowest BCUT2D eigenvalue weighted by atomic mass is 10.2. The first-order valence-electron chi connectivity index (χ1n) is 5.45. The number of halogens is 1. The minimum atomic E-state index is -0.849. The fourth-order valence-corrected chi connectivity index (χ4v) is 1.65. The smallest absolute Gasteiger partial charge is 0.318 e. The van der Waals surface area contributed by atoms with Gasteiger partial charge in [0.2, 0.25) is 5.91 Å². The quantitative estimate of drug-likeness (QED) is 0.866. The molecule has 0 saturated heterocycles. The molecule has 0 bridgehead atoms. The van der Waals surface area contributed by atoms with Crippen LogP contribution in [0, 0.1) is 0 Å². The highest BCUT2D eigenvalue weighted by molar-refractivity contribution is 6.31. The molecule has 0 aromatic heterocycles. The van der Waals surface area contributed by atoms with Crippen LogP contribution in [0.4, 0.5) is 4.79 Å². The second kappa shape index (κ2) is 6.37. The van der Waals surface area contributed by atoms with Crippen molar-refractivity contribution in [3.05, 3.63) is 34.9 Å². The number of nitrogens with zero attached hydrogens (tertiary/aromatic N) is 1. The maximum Gasteiger partial charge on any atom is 0.318 e. The van der Waals surface area contributed by atoms with Crippen LogP contribution in [0.2, 0.25) is 5.02 Å². The van der Waals surface area contributed by atoms with Crippen molar-refractivity contribution in [1.82, 2.24) is 10.2 Å². The van der Waals surface area contributed by atoms with Gasteiger partial charge in [0.15, 0.2) is 0 Å². The molecule has 0 saturated carbocycles. The van der Waals surface area contributed by atoms with Crippen molar-refractivity contribution in [3.63, 3.8) is 0 Å². The summed E-state index contributed by atoms with van der Waals surface area (Å²) < 4.78 is 0. The third kappa shape index (κ3) is 4.01. The van der Waals surface area contributed by atoms with Crippen LogP contribution < -0.4 is 11.1 Å². The van der Waals surface area contributed by atoms with E-state index in [9.17, 15) is 9.59 Å². The molecule has 98 valence electrons. The zero-order chi connectivity index (χ0) is 13.7. The summed E-state index contributed by atoms with van der Waals surface area (Å²) in [4.78, 5) is 24.0. The van der Waals surface area contributed by atoms with E-state index in [-0.39, 0.29) is 0 Å². The second-order valence-corrected chi connectivity index (χ2v) is 4.44. The Kier molecular flexibility index (Phi) is 5.12. The largest absolute Gasteiger partial charge is 0.351 e. The molecule has 1 unspecified atom stereocenters. The number of nitrogens with two attached hydrogens (primary N) is 1. The highest BCUT2D eigenvalue weighted by Crippen LogP contribution is 2.17. The van der Waals surface area contributed by atoms with E-state index in [0.29, 0.717) is 11.6 Å². The molecule has 1 aromatic rings. The van der Waals surface area contributed by atoms with Crippen LogP contribution in [0.25, 0.3) is 0 Å². The predicted octanol–water partition coefficient (Wildman–Crippen LogP) is 1.36. The van der Waals surface area contributed by atoms with Gasteiger partial charge in [-0.2, -0.15) is 0 Å². The molecule has 1 rings (SSSR count). The predicted molar refractivity (Wildman–Crippen MR) is 70.1 cm³/mol. The first-order chi connectivity index (χ1) is 8.41. The number of rotatable bonds is 4. The molecule has 0 fully saturated rings. The Morgan fingerprint density at radius 3 is 2.61 bits per heavy atom. The van der Waals surface area contributed by atoms with E-state index >= 15 is 0 Å². The summed E-state index contributed by atoms with van der Waals surface area (Å²) in [5.41, 5.74) is 5.81. The van der Waals surface area contributed by atoms with Gasteiger partial charge in [0.05, 0.1) is 6.04 Å². The maximum absolute atomic E-state index is 11.6. The van der Waals surface area contributed by atoms with E-state index in [0.717, 1.165) is 5.56 Å². The summed E-state index contributed by atoms with van der Waals surface area (Å²) in [5.74, 6) is -0.433. The zero-order valence-corrected chi connectivity index (χ0v) is 11.1. The topological polar surface area (TPSA) is 75.4 Å². The summed E-state index contributed by atoms with van der Waals surface area (Å²) in [6.45, 7) is 2.20. The SMILES string of the molecule is CC(C(=O)NC(N)=O)N(C)Cc1ccccc1Cl. The molecule has 1 aromatic carbocycles. The van der Waals surface area contributed by atoms with E-state index in [4.69, 9.17) is 17.3 Å². The van der Waals surface area contributed by atoms with Crippen LogP contribution in [-0.2, 0) is 11.3 Å². The van der Waals surface area contributed by atoms with E-state index in [1.807, 2.05) is 23.5 Å². The number of imide groups is 1. The van der Waals surface area contributed by atoms with E-state index in [1.54, 1.807) is 24.9 Å². The van der Waals surface area contributed by atoms with Crippen LogP contribution in [-0.4, -0.2) is 29.9 Å². The van der Waals surface area contributed by atoms with Crippen molar-refractivity contribution in [2.45, 2.75) is 19.5 Å². The standard InChI is InChI=1S/C12H16ClN3O2/c1-8(11(17)15-12(14)18)16(2)7-9-5-3-4-6-10(9)13/h3-6,8H,7H2,1-2H3,(H3,14,15,17,18). The van der Waals surface area contributed by atoms with Crippen molar-refractivity contribution >= 4 is 23.5 Å². The number of primary amides is 1. The fourth-order valence-electron chi connectivity index (χ4n) is 1.46. The number of benzene rings is 1. The van der Waals surface area contributed by atoms with Gasteiger partial charge in [-0.1, -0.05) is 29.8 Å². The molecular formula is C12H16ClN3O2. The monoisotopic (exact) mass is 269 g/mol. The lowest BCUT2D eigenvalue weighted by Crippen LogP contribution is -2.46. The summed E-state index contributed by atoms with van der Waals surface area (Å²) in [6, 6.07) is 6.07. The number of urea groups is 1. The van der Waals surface area contributed by atoms with E-state index < -0.39 is 18.0 Å². The molecule has 5 nitrogen and oxygen atoms in total. The lowest BCUT2D eigenvalue weighted by Gasteiger charge is -2.23. The Hall–Kier alpha value is -1.59. The average molecular weight is 270 g/mol. The molecule has 0 aliphatic heterocycles. The Balaban J connectivity index is 2.65. The number of hydrogen-bond acceptors (Lipinski definition) is 3. The number of carbonyl (C=O) groups excluding carboxylic acids is 2. The van der Waals surface area contributed by atoms with E-state index in [2.05, 4.69) is 0 Å². The van der Waals surface area contributed by atoms with E-state index in [1.165, 1.54) is 0 Å². The molecule has 0 heterocycles. The number of hydrogen-bond donors (Lipinski definition) is 2. The summed E-state index contributed by atoms with van der Waals surface area (Å²) in [6.07, 6.45) is 0. The third-order valence-corrected chi connectivity index (χ3v) is 3.03.